The van der Waals surface area contributed by atoms with Crippen LogP contribution in [0.5, 0.6) is 5.75 Å². The molecule has 3 rings (SSSR count). The van der Waals surface area contributed by atoms with Gasteiger partial charge in [0.1, 0.15) is 11.4 Å². The molecule has 4 nitrogen and oxygen atoms in total. The Morgan fingerprint density at radius 2 is 1.76 bits per heavy atom. The summed E-state index contributed by atoms with van der Waals surface area (Å²) in [7, 11) is 0. The van der Waals surface area contributed by atoms with Crippen molar-refractivity contribution >= 4 is 16.9 Å². The minimum Gasteiger partial charge on any atom is -0.461 e. The number of fused-ring (bicyclic) bond motifs is 1. The Kier molecular flexibility index (Phi) is 4.39. The van der Waals surface area contributed by atoms with Gasteiger partial charge in [-0.05, 0) is 30.7 Å². The number of halogens is 3. The minimum atomic E-state index is -4.75. The van der Waals surface area contributed by atoms with Crippen molar-refractivity contribution in [2.24, 2.45) is 0 Å². The summed E-state index contributed by atoms with van der Waals surface area (Å²) in [4.78, 5) is 15.3. The zero-order chi connectivity index (χ0) is 18.0. The van der Waals surface area contributed by atoms with Crippen molar-refractivity contribution < 1.29 is 27.4 Å². The quantitative estimate of drug-likeness (QED) is 0.681. The Hall–Kier alpha value is -2.96. The van der Waals surface area contributed by atoms with Gasteiger partial charge >= 0.3 is 12.3 Å². The summed E-state index contributed by atoms with van der Waals surface area (Å²) in [5, 5.41) is 0.773. The summed E-state index contributed by atoms with van der Waals surface area (Å²) < 4.78 is 45.8. The molecule has 0 atom stereocenters. The zero-order valence-electron chi connectivity index (χ0n) is 13.2. The topological polar surface area (TPSA) is 51.3 Å². The average molecular weight is 349 g/mol. The lowest BCUT2D eigenvalue weighted by atomic mass is 10.0. The van der Waals surface area contributed by atoms with Crippen LogP contribution in [0.2, 0.25) is 0 Å². The van der Waals surface area contributed by atoms with E-state index >= 15 is 0 Å². The molecule has 3 aromatic rings. The molecule has 0 aliphatic rings. The molecule has 0 saturated heterocycles. The maximum absolute atomic E-state index is 12.3. The number of hydrogen-bond acceptors (Lipinski definition) is 3. The van der Waals surface area contributed by atoms with E-state index in [2.05, 4.69) is 9.72 Å². The zero-order valence-corrected chi connectivity index (χ0v) is 13.2. The summed E-state index contributed by atoms with van der Waals surface area (Å²) in [6.07, 6.45) is -4.75. The van der Waals surface area contributed by atoms with Gasteiger partial charge in [0.15, 0.2) is 0 Å². The van der Waals surface area contributed by atoms with Crippen LogP contribution < -0.4 is 4.74 Å². The van der Waals surface area contributed by atoms with E-state index in [9.17, 15) is 18.0 Å². The van der Waals surface area contributed by atoms with Gasteiger partial charge in [-0.1, -0.05) is 30.3 Å². The largest absolute Gasteiger partial charge is 0.573 e. The highest BCUT2D eigenvalue weighted by atomic mass is 19.4. The van der Waals surface area contributed by atoms with E-state index in [0.29, 0.717) is 11.1 Å². The number of nitrogens with one attached hydrogen (secondary N) is 1. The number of carbonyl (C=O) groups is 1. The number of benzene rings is 2. The van der Waals surface area contributed by atoms with E-state index < -0.39 is 12.3 Å². The highest BCUT2D eigenvalue weighted by Gasteiger charge is 2.31. The number of esters is 1. The summed E-state index contributed by atoms with van der Waals surface area (Å²) in [6.45, 7) is 1.91. The van der Waals surface area contributed by atoms with Gasteiger partial charge in [0, 0.05) is 16.5 Å². The van der Waals surface area contributed by atoms with Gasteiger partial charge in [0.05, 0.1) is 6.61 Å². The van der Waals surface area contributed by atoms with Crippen LogP contribution in [0.3, 0.4) is 0 Å². The van der Waals surface area contributed by atoms with Gasteiger partial charge in [0.2, 0.25) is 0 Å². The number of ether oxygens (including phenoxy) is 2. The van der Waals surface area contributed by atoms with Gasteiger partial charge in [-0.2, -0.15) is 0 Å². The molecule has 0 bridgehead atoms. The third kappa shape index (κ3) is 3.60. The normalized spacial score (nSPS) is 11.5. The second kappa shape index (κ2) is 6.51. The van der Waals surface area contributed by atoms with Crippen LogP contribution >= 0.6 is 0 Å². The fourth-order valence-corrected chi connectivity index (χ4v) is 2.62. The van der Waals surface area contributed by atoms with E-state index in [1.165, 1.54) is 24.3 Å². The van der Waals surface area contributed by atoms with Crippen molar-refractivity contribution in [3.8, 4) is 16.9 Å². The van der Waals surface area contributed by atoms with E-state index in [1.807, 2.05) is 24.3 Å². The fourth-order valence-electron chi connectivity index (χ4n) is 2.62. The molecule has 0 radical (unpaired) electrons. The molecule has 130 valence electrons. The Labute approximate surface area is 141 Å². The predicted octanol–water partition coefficient (Wildman–Crippen LogP) is 4.91. The Morgan fingerprint density at radius 3 is 2.40 bits per heavy atom. The SMILES string of the molecule is CCOC(=O)c1[nH]c2ccccc2c1-c1ccc(OC(F)(F)F)cc1. The fraction of sp³-hybridized carbons (Fsp3) is 0.167. The lowest BCUT2D eigenvalue weighted by molar-refractivity contribution is -0.274. The number of para-hydroxylation sites is 1. The first-order valence-electron chi connectivity index (χ1n) is 7.53. The Morgan fingerprint density at radius 1 is 1.08 bits per heavy atom. The molecular formula is C18H14F3NO3. The molecule has 0 amide bonds. The first-order valence-corrected chi connectivity index (χ1v) is 7.53. The molecule has 2 aromatic carbocycles. The molecule has 7 heteroatoms. The third-order valence-corrected chi connectivity index (χ3v) is 3.56. The summed E-state index contributed by atoms with van der Waals surface area (Å²) >= 11 is 0. The van der Waals surface area contributed by atoms with Crippen molar-refractivity contribution in [2.75, 3.05) is 6.61 Å². The lowest BCUT2D eigenvalue weighted by Gasteiger charge is -2.10. The molecule has 0 aliphatic heterocycles. The maximum atomic E-state index is 12.3. The van der Waals surface area contributed by atoms with Crippen LogP contribution in [-0.4, -0.2) is 23.9 Å². The van der Waals surface area contributed by atoms with Crippen LogP contribution in [0, 0.1) is 0 Å². The summed E-state index contributed by atoms with van der Waals surface area (Å²) in [6, 6.07) is 12.6. The highest BCUT2D eigenvalue weighted by molar-refractivity contribution is 6.08. The molecule has 0 saturated carbocycles. The first kappa shape index (κ1) is 16.9. The number of aromatic amines is 1. The summed E-state index contributed by atoms with van der Waals surface area (Å²) in [5.74, 6) is -0.849. The highest BCUT2D eigenvalue weighted by Crippen LogP contribution is 2.34. The second-order valence-corrected chi connectivity index (χ2v) is 5.21. The van der Waals surface area contributed by atoms with Gasteiger partial charge in [-0.3, -0.25) is 0 Å². The molecule has 25 heavy (non-hydrogen) atoms. The maximum Gasteiger partial charge on any atom is 0.573 e. The molecule has 1 aromatic heterocycles. The second-order valence-electron chi connectivity index (χ2n) is 5.21. The van der Waals surface area contributed by atoms with E-state index in [4.69, 9.17) is 4.74 Å². The lowest BCUT2D eigenvalue weighted by Crippen LogP contribution is -2.16. The smallest absolute Gasteiger partial charge is 0.461 e. The van der Waals surface area contributed by atoms with Crippen LogP contribution in [0.1, 0.15) is 17.4 Å². The van der Waals surface area contributed by atoms with E-state index in [-0.39, 0.29) is 18.1 Å². The monoisotopic (exact) mass is 349 g/mol. The number of rotatable bonds is 4. The average Bonchev–Trinajstić information content (AvgIpc) is 2.94. The molecule has 0 spiro atoms. The minimum absolute atomic E-state index is 0.214. The van der Waals surface area contributed by atoms with Gasteiger partial charge < -0.3 is 14.5 Å². The third-order valence-electron chi connectivity index (χ3n) is 3.56. The van der Waals surface area contributed by atoms with Crippen LogP contribution in [-0.2, 0) is 4.74 Å². The number of alkyl halides is 3. The molecule has 0 aliphatic carbocycles. The summed E-state index contributed by atoms with van der Waals surface area (Å²) in [5.41, 5.74) is 2.14. The molecule has 1 N–H and O–H groups in total. The number of carbonyl (C=O) groups excluding carboxylic acids is 1. The van der Waals surface area contributed by atoms with Crippen molar-refractivity contribution in [2.45, 2.75) is 13.3 Å². The first-order chi connectivity index (χ1) is 11.9. The number of aromatic nitrogens is 1. The molecule has 0 unspecified atom stereocenters. The van der Waals surface area contributed by atoms with Crippen molar-refractivity contribution in [1.29, 1.82) is 0 Å². The molecule has 1 heterocycles. The van der Waals surface area contributed by atoms with Crippen LogP contribution in [0.25, 0.3) is 22.0 Å². The number of hydrogen-bond donors (Lipinski definition) is 1. The Bertz CT molecular complexity index is 898. The van der Waals surface area contributed by atoms with Crippen LogP contribution in [0.15, 0.2) is 48.5 Å². The van der Waals surface area contributed by atoms with E-state index in [0.717, 1.165) is 10.9 Å². The van der Waals surface area contributed by atoms with Gasteiger partial charge in [-0.25, -0.2) is 4.79 Å². The predicted molar refractivity (Wildman–Crippen MR) is 86.4 cm³/mol. The van der Waals surface area contributed by atoms with Crippen molar-refractivity contribution in [3.05, 3.63) is 54.2 Å². The van der Waals surface area contributed by atoms with Gasteiger partial charge in [-0.15, -0.1) is 13.2 Å². The van der Waals surface area contributed by atoms with Gasteiger partial charge in [0.25, 0.3) is 0 Å². The molecular weight excluding hydrogens is 335 g/mol. The van der Waals surface area contributed by atoms with Crippen molar-refractivity contribution in [3.63, 3.8) is 0 Å². The van der Waals surface area contributed by atoms with E-state index in [1.54, 1.807) is 6.92 Å². The van der Waals surface area contributed by atoms with Crippen molar-refractivity contribution in [1.82, 2.24) is 4.98 Å². The Balaban J connectivity index is 2.07. The standard InChI is InChI=1S/C18H14F3NO3/c1-2-24-17(23)16-15(13-5-3-4-6-14(13)22-16)11-7-9-12(10-8-11)25-18(19,20)21/h3-10,22H,2H2,1H3. The van der Waals surface area contributed by atoms with Crippen LogP contribution in [0.4, 0.5) is 13.2 Å². The number of H-pyrrole nitrogens is 1. The molecule has 0 fully saturated rings.